The van der Waals surface area contributed by atoms with E-state index in [2.05, 4.69) is 0 Å². The van der Waals surface area contributed by atoms with Crippen molar-refractivity contribution in [3.8, 4) is 0 Å². The Morgan fingerprint density at radius 1 is 1.23 bits per heavy atom. The van der Waals surface area contributed by atoms with Gasteiger partial charge in [0.15, 0.2) is 0 Å². The highest BCUT2D eigenvalue weighted by Gasteiger charge is 2.36. The molecule has 1 heterocycles. The molecule has 1 saturated carbocycles. The number of carbonyl (C=O) groups excluding carboxylic acids is 1. The van der Waals surface area contributed by atoms with Crippen LogP contribution in [0.5, 0.6) is 0 Å². The topological polar surface area (TPSA) is 70.0 Å². The fraction of sp³-hybridized carbons (Fsp3) is 0.250. The highest BCUT2D eigenvalue weighted by molar-refractivity contribution is 6.31. The van der Waals surface area contributed by atoms with E-state index >= 15 is 0 Å². The summed E-state index contributed by atoms with van der Waals surface area (Å²) in [6.45, 7) is 0.353. The minimum absolute atomic E-state index is 0.0320. The molecule has 2 aromatic carbocycles. The molecule has 132 valence electrons. The van der Waals surface area contributed by atoms with Crippen molar-refractivity contribution in [1.82, 2.24) is 0 Å². The normalized spacial score (nSPS) is 18.8. The lowest BCUT2D eigenvalue weighted by molar-refractivity contribution is -0.120. The smallest absolute Gasteiger partial charge is 0.335 e. The van der Waals surface area contributed by atoms with Crippen LogP contribution in [0.3, 0.4) is 0 Å². The first-order chi connectivity index (χ1) is 12.5. The number of nitrogens with zero attached hydrogens (tertiary/aromatic N) is 2. The molecule has 1 unspecified atom stereocenters. The van der Waals surface area contributed by atoms with Crippen molar-refractivity contribution < 1.29 is 14.7 Å². The number of aromatic carboxylic acids is 1. The van der Waals surface area contributed by atoms with Gasteiger partial charge in [-0.25, -0.2) is 4.79 Å². The van der Waals surface area contributed by atoms with Gasteiger partial charge in [-0.1, -0.05) is 23.7 Å². The lowest BCUT2D eigenvalue weighted by Crippen LogP contribution is -2.36. The van der Waals surface area contributed by atoms with Crippen LogP contribution in [0, 0.1) is 5.92 Å². The van der Waals surface area contributed by atoms with Gasteiger partial charge in [0.1, 0.15) is 0 Å². The van der Waals surface area contributed by atoms with Gasteiger partial charge in [0.25, 0.3) is 0 Å². The van der Waals surface area contributed by atoms with E-state index in [1.54, 1.807) is 41.3 Å². The number of carbonyl (C=O) groups is 2. The first-order valence-corrected chi connectivity index (χ1v) is 8.91. The molecule has 26 heavy (non-hydrogen) atoms. The molecule has 2 aliphatic rings. The van der Waals surface area contributed by atoms with Crippen LogP contribution >= 0.6 is 11.6 Å². The quantitative estimate of drug-likeness (QED) is 0.869. The summed E-state index contributed by atoms with van der Waals surface area (Å²) in [7, 11) is 0. The van der Waals surface area contributed by atoms with Crippen molar-refractivity contribution >= 4 is 40.6 Å². The summed E-state index contributed by atoms with van der Waals surface area (Å²) in [5, 5.41) is 9.60. The van der Waals surface area contributed by atoms with Crippen LogP contribution in [-0.4, -0.2) is 22.7 Å². The van der Waals surface area contributed by atoms with Gasteiger partial charge in [-0.2, -0.15) is 0 Å². The predicted molar refractivity (Wildman–Crippen MR) is 100 cm³/mol. The number of anilines is 1. The Bertz CT molecular complexity index is 921. The molecule has 1 aliphatic heterocycles. The standard InChI is InChI=1S/C20H17ClN2O3/c21-14-8-9-17-18(10-14)23(19(24)15-2-1-3-16(15)22-17)11-12-4-6-13(7-5-12)20(25)26/h4-10,15H,1-3,11H2,(H,25,26). The Kier molecular flexibility index (Phi) is 4.24. The van der Waals surface area contributed by atoms with Gasteiger partial charge in [-0.3, -0.25) is 9.79 Å². The van der Waals surface area contributed by atoms with Gasteiger partial charge in [0, 0.05) is 10.7 Å². The maximum atomic E-state index is 13.2. The van der Waals surface area contributed by atoms with Crippen LogP contribution in [0.4, 0.5) is 11.4 Å². The number of aliphatic imine (C=N–C) groups is 1. The maximum absolute atomic E-state index is 13.2. The predicted octanol–water partition coefficient (Wildman–Crippen LogP) is 4.46. The SMILES string of the molecule is O=C(O)c1ccc(CN2C(=O)C3CCCC3=Nc3ccc(Cl)cc32)cc1. The summed E-state index contributed by atoms with van der Waals surface area (Å²) in [5.74, 6) is -1.12. The number of halogens is 1. The molecule has 1 amide bonds. The van der Waals surface area contributed by atoms with Gasteiger partial charge in [-0.15, -0.1) is 0 Å². The van der Waals surface area contributed by atoms with Crippen molar-refractivity contribution in [2.75, 3.05) is 4.90 Å². The number of amides is 1. The third-order valence-corrected chi connectivity index (χ3v) is 5.16. The molecule has 1 fully saturated rings. The van der Waals surface area contributed by atoms with E-state index in [0.29, 0.717) is 17.3 Å². The van der Waals surface area contributed by atoms with E-state index in [1.807, 2.05) is 6.07 Å². The van der Waals surface area contributed by atoms with E-state index < -0.39 is 5.97 Å². The summed E-state index contributed by atoms with van der Waals surface area (Å²) in [4.78, 5) is 30.7. The van der Waals surface area contributed by atoms with Gasteiger partial charge in [-0.05, 0) is 55.2 Å². The van der Waals surface area contributed by atoms with Gasteiger partial charge in [0.2, 0.25) is 5.91 Å². The molecule has 5 nitrogen and oxygen atoms in total. The monoisotopic (exact) mass is 368 g/mol. The molecule has 0 bridgehead atoms. The van der Waals surface area contributed by atoms with Crippen molar-refractivity contribution in [2.45, 2.75) is 25.8 Å². The van der Waals surface area contributed by atoms with Crippen molar-refractivity contribution in [2.24, 2.45) is 10.9 Å². The molecule has 1 N–H and O–H groups in total. The Morgan fingerprint density at radius 2 is 2.00 bits per heavy atom. The van der Waals surface area contributed by atoms with Gasteiger partial charge < -0.3 is 10.0 Å². The number of hydrogen-bond donors (Lipinski definition) is 1. The van der Waals surface area contributed by atoms with Crippen LogP contribution < -0.4 is 4.90 Å². The third-order valence-electron chi connectivity index (χ3n) is 4.93. The number of benzene rings is 2. The van der Waals surface area contributed by atoms with Crippen molar-refractivity contribution in [1.29, 1.82) is 0 Å². The second-order valence-electron chi connectivity index (χ2n) is 6.61. The minimum atomic E-state index is -0.969. The van der Waals surface area contributed by atoms with Crippen LogP contribution in [0.1, 0.15) is 35.2 Å². The zero-order valence-electron chi connectivity index (χ0n) is 14.0. The average Bonchev–Trinajstić information content (AvgIpc) is 3.05. The van der Waals surface area contributed by atoms with Crippen molar-refractivity contribution in [3.05, 3.63) is 58.6 Å². The van der Waals surface area contributed by atoms with Crippen LogP contribution in [0.15, 0.2) is 47.5 Å². The summed E-state index contributed by atoms with van der Waals surface area (Å²) in [6, 6.07) is 12.0. The third kappa shape index (κ3) is 2.99. The fourth-order valence-corrected chi connectivity index (χ4v) is 3.76. The Morgan fingerprint density at radius 3 is 2.73 bits per heavy atom. The molecular weight excluding hydrogens is 352 g/mol. The number of rotatable bonds is 3. The second-order valence-corrected chi connectivity index (χ2v) is 7.04. The van der Waals surface area contributed by atoms with E-state index in [-0.39, 0.29) is 17.4 Å². The molecular formula is C20H17ClN2O3. The summed E-state index contributed by atoms with van der Waals surface area (Å²) in [6.07, 6.45) is 2.63. The maximum Gasteiger partial charge on any atom is 0.335 e. The summed E-state index contributed by atoms with van der Waals surface area (Å²) in [5.41, 5.74) is 3.48. The lowest BCUT2D eigenvalue weighted by Gasteiger charge is -2.25. The van der Waals surface area contributed by atoms with Gasteiger partial charge >= 0.3 is 5.97 Å². The number of carboxylic acids is 1. The molecule has 4 rings (SSSR count). The zero-order chi connectivity index (χ0) is 18.3. The molecule has 2 aromatic rings. The van der Waals surface area contributed by atoms with Crippen molar-refractivity contribution in [3.63, 3.8) is 0 Å². The lowest BCUT2D eigenvalue weighted by atomic mass is 10.0. The molecule has 0 aromatic heterocycles. The highest BCUT2D eigenvalue weighted by atomic mass is 35.5. The fourth-order valence-electron chi connectivity index (χ4n) is 3.60. The molecule has 0 radical (unpaired) electrons. The number of carboxylic acid groups (broad SMARTS) is 1. The van der Waals surface area contributed by atoms with Gasteiger partial charge in [0.05, 0.1) is 29.4 Å². The van der Waals surface area contributed by atoms with E-state index in [0.717, 1.165) is 36.2 Å². The second kappa shape index (κ2) is 6.57. The Labute approximate surface area is 155 Å². The first kappa shape index (κ1) is 16.8. The summed E-state index contributed by atoms with van der Waals surface area (Å²) < 4.78 is 0. The Balaban J connectivity index is 1.73. The molecule has 1 aliphatic carbocycles. The molecule has 0 spiro atoms. The van der Waals surface area contributed by atoms with E-state index in [4.69, 9.17) is 21.7 Å². The van der Waals surface area contributed by atoms with E-state index in [1.165, 1.54) is 0 Å². The zero-order valence-corrected chi connectivity index (χ0v) is 14.7. The largest absolute Gasteiger partial charge is 0.478 e. The number of fused-ring (bicyclic) bond motifs is 2. The first-order valence-electron chi connectivity index (χ1n) is 8.53. The van der Waals surface area contributed by atoms with Crippen LogP contribution in [0.2, 0.25) is 5.02 Å². The summed E-state index contributed by atoms with van der Waals surface area (Å²) >= 11 is 6.17. The molecule has 0 saturated heterocycles. The molecule has 6 heteroatoms. The van der Waals surface area contributed by atoms with Crippen LogP contribution in [-0.2, 0) is 11.3 Å². The minimum Gasteiger partial charge on any atom is -0.478 e. The molecule has 1 atom stereocenters. The van der Waals surface area contributed by atoms with Crippen LogP contribution in [0.25, 0.3) is 0 Å². The highest BCUT2D eigenvalue weighted by Crippen LogP contribution is 2.40. The Hall–Kier alpha value is -2.66. The van der Waals surface area contributed by atoms with E-state index in [9.17, 15) is 9.59 Å². The average molecular weight is 369 g/mol. The number of hydrogen-bond acceptors (Lipinski definition) is 3.